The molecule has 0 bridgehead atoms. The lowest BCUT2D eigenvalue weighted by Gasteiger charge is -2.23. The summed E-state index contributed by atoms with van der Waals surface area (Å²) in [6, 6.07) is 0. The molecule has 0 nitrogen and oxygen atoms in total. The molecule has 0 aromatic rings. The van der Waals surface area contributed by atoms with Crippen molar-refractivity contribution in [2.45, 2.75) is 73.6 Å². The van der Waals surface area contributed by atoms with Crippen molar-refractivity contribution >= 4 is 0 Å². The van der Waals surface area contributed by atoms with Gasteiger partial charge in [0.25, 0.3) is 0 Å². The summed E-state index contributed by atoms with van der Waals surface area (Å²) in [6.07, 6.45) is 6.86. The summed E-state index contributed by atoms with van der Waals surface area (Å²) >= 11 is 0. The van der Waals surface area contributed by atoms with Crippen LogP contribution in [0.15, 0.2) is 12.2 Å². The van der Waals surface area contributed by atoms with Crippen LogP contribution in [-0.2, 0) is 0 Å². The highest BCUT2D eigenvalue weighted by Crippen LogP contribution is 2.28. The Morgan fingerprint density at radius 1 is 1.00 bits per heavy atom. The molecule has 0 N–H and O–H groups in total. The molecule has 0 spiro atoms. The van der Waals surface area contributed by atoms with Gasteiger partial charge in [-0.2, -0.15) is 0 Å². The lowest BCUT2D eigenvalue weighted by Crippen LogP contribution is -2.11. The predicted octanol–water partition coefficient (Wildman–Crippen LogP) is 6.08. The SMILES string of the molecule is C=C(C)C(C)CC(CCC)CCC(C)C(C)C. The molecular formula is C17H34. The van der Waals surface area contributed by atoms with Crippen molar-refractivity contribution in [3.63, 3.8) is 0 Å². The Kier molecular flexibility index (Phi) is 8.64. The standard InChI is InChI=1S/C17H34/c1-8-9-17(12-16(7)14(4)5)11-10-15(6)13(2)3/h13,15-17H,4,8-12H2,1-3,5-7H3. The van der Waals surface area contributed by atoms with Gasteiger partial charge in [-0.15, -0.1) is 0 Å². The maximum atomic E-state index is 4.09. The Balaban J connectivity index is 4.10. The van der Waals surface area contributed by atoms with Crippen LogP contribution in [0, 0.1) is 23.7 Å². The van der Waals surface area contributed by atoms with E-state index in [0.29, 0.717) is 5.92 Å². The maximum absolute atomic E-state index is 4.09. The van der Waals surface area contributed by atoms with Gasteiger partial charge in [0.2, 0.25) is 0 Å². The minimum Gasteiger partial charge on any atom is -0.0999 e. The van der Waals surface area contributed by atoms with E-state index in [1.807, 2.05) is 0 Å². The average Bonchev–Trinajstić information content (AvgIpc) is 2.25. The molecule has 3 atom stereocenters. The first-order valence-corrected chi connectivity index (χ1v) is 7.53. The van der Waals surface area contributed by atoms with Gasteiger partial charge in [0.15, 0.2) is 0 Å². The van der Waals surface area contributed by atoms with Crippen molar-refractivity contribution in [3.8, 4) is 0 Å². The van der Waals surface area contributed by atoms with Crippen LogP contribution in [-0.4, -0.2) is 0 Å². The Morgan fingerprint density at radius 2 is 1.59 bits per heavy atom. The summed E-state index contributed by atoms with van der Waals surface area (Å²) < 4.78 is 0. The number of hydrogen-bond donors (Lipinski definition) is 0. The number of hydrogen-bond acceptors (Lipinski definition) is 0. The molecule has 0 heterocycles. The van der Waals surface area contributed by atoms with Gasteiger partial charge >= 0.3 is 0 Å². The molecule has 102 valence electrons. The lowest BCUT2D eigenvalue weighted by molar-refractivity contribution is 0.304. The molecule has 0 aromatic heterocycles. The fourth-order valence-corrected chi connectivity index (χ4v) is 2.32. The van der Waals surface area contributed by atoms with Crippen molar-refractivity contribution in [2.75, 3.05) is 0 Å². The molecule has 0 fully saturated rings. The highest BCUT2D eigenvalue weighted by atomic mass is 14.2. The zero-order valence-electron chi connectivity index (χ0n) is 13.1. The highest BCUT2D eigenvalue weighted by molar-refractivity contribution is 4.94. The average molecular weight is 238 g/mol. The van der Waals surface area contributed by atoms with Gasteiger partial charge in [0, 0.05) is 0 Å². The smallest absolute Gasteiger partial charge is 0.0234 e. The molecule has 3 unspecified atom stereocenters. The molecule has 0 radical (unpaired) electrons. The monoisotopic (exact) mass is 238 g/mol. The van der Waals surface area contributed by atoms with Gasteiger partial charge in [-0.1, -0.05) is 72.5 Å². The molecule has 0 aliphatic carbocycles. The van der Waals surface area contributed by atoms with Crippen LogP contribution >= 0.6 is 0 Å². The molecule has 0 saturated carbocycles. The van der Waals surface area contributed by atoms with Crippen LogP contribution in [0.3, 0.4) is 0 Å². The Morgan fingerprint density at radius 3 is 2.00 bits per heavy atom. The fraction of sp³-hybridized carbons (Fsp3) is 0.882. The third-order valence-corrected chi connectivity index (χ3v) is 4.39. The second kappa shape index (κ2) is 8.78. The molecule has 0 aliphatic rings. The van der Waals surface area contributed by atoms with Crippen LogP contribution in [0.4, 0.5) is 0 Å². The summed E-state index contributed by atoms with van der Waals surface area (Å²) in [5, 5.41) is 0. The van der Waals surface area contributed by atoms with Crippen LogP contribution < -0.4 is 0 Å². The van der Waals surface area contributed by atoms with E-state index in [-0.39, 0.29) is 0 Å². The fourth-order valence-electron chi connectivity index (χ4n) is 2.32. The third-order valence-electron chi connectivity index (χ3n) is 4.39. The van der Waals surface area contributed by atoms with Crippen molar-refractivity contribution < 1.29 is 0 Å². The summed E-state index contributed by atoms with van der Waals surface area (Å²) in [6.45, 7) is 18.0. The van der Waals surface area contributed by atoms with E-state index in [1.165, 1.54) is 37.7 Å². The van der Waals surface area contributed by atoms with E-state index in [4.69, 9.17) is 0 Å². The van der Waals surface area contributed by atoms with Gasteiger partial charge in [-0.05, 0) is 37.0 Å². The first-order chi connectivity index (χ1) is 7.88. The molecule has 0 aliphatic heterocycles. The normalized spacial score (nSPS) is 16.9. The predicted molar refractivity (Wildman–Crippen MR) is 80.2 cm³/mol. The highest BCUT2D eigenvalue weighted by Gasteiger charge is 2.15. The topological polar surface area (TPSA) is 0 Å². The molecule has 0 heteroatoms. The number of allylic oxidation sites excluding steroid dienone is 1. The van der Waals surface area contributed by atoms with E-state index in [1.54, 1.807) is 0 Å². The first-order valence-electron chi connectivity index (χ1n) is 7.53. The largest absolute Gasteiger partial charge is 0.0999 e. The second-order valence-electron chi connectivity index (χ2n) is 6.44. The minimum absolute atomic E-state index is 0.695. The minimum atomic E-state index is 0.695. The van der Waals surface area contributed by atoms with E-state index >= 15 is 0 Å². The zero-order valence-corrected chi connectivity index (χ0v) is 13.1. The number of rotatable bonds is 9. The van der Waals surface area contributed by atoms with Crippen LogP contribution in [0.25, 0.3) is 0 Å². The van der Waals surface area contributed by atoms with Gasteiger partial charge < -0.3 is 0 Å². The molecule has 0 saturated heterocycles. The maximum Gasteiger partial charge on any atom is -0.0234 e. The molecule has 0 amide bonds. The first kappa shape index (κ1) is 16.7. The summed E-state index contributed by atoms with van der Waals surface area (Å²) in [4.78, 5) is 0. The van der Waals surface area contributed by atoms with E-state index in [0.717, 1.165) is 17.8 Å². The summed E-state index contributed by atoms with van der Waals surface area (Å²) in [5.41, 5.74) is 1.35. The van der Waals surface area contributed by atoms with E-state index < -0.39 is 0 Å². The Hall–Kier alpha value is -0.260. The van der Waals surface area contributed by atoms with Gasteiger partial charge in [0.1, 0.15) is 0 Å². The molecular weight excluding hydrogens is 204 g/mol. The van der Waals surface area contributed by atoms with Crippen molar-refractivity contribution in [2.24, 2.45) is 23.7 Å². The van der Waals surface area contributed by atoms with Crippen LogP contribution in [0.1, 0.15) is 73.6 Å². The second-order valence-corrected chi connectivity index (χ2v) is 6.44. The van der Waals surface area contributed by atoms with Crippen LogP contribution in [0.5, 0.6) is 0 Å². The Labute approximate surface area is 110 Å². The van der Waals surface area contributed by atoms with Gasteiger partial charge in [0.05, 0.1) is 0 Å². The quantitative estimate of drug-likeness (QED) is 0.427. The van der Waals surface area contributed by atoms with Gasteiger partial charge in [-0.3, -0.25) is 0 Å². The Bertz CT molecular complexity index is 202. The van der Waals surface area contributed by atoms with Gasteiger partial charge in [-0.25, -0.2) is 0 Å². The summed E-state index contributed by atoms with van der Waals surface area (Å²) in [7, 11) is 0. The zero-order chi connectivity index (χ0) is 13.4. The lowest BCUT2D eigenvalue weighted by atomic mass is 9.82. The molecule has 17 heavy (non-hydrogen) atoms. The third kappa shape index (κ3) is 7.63. The van der Waals surface area contributed by atoms with Crippen LogP contribution in [0.2, 0.25) is 0 Å². The summed E-state index contributed by atoms with van der Waals surface area (Å²) in [5.74, 6) is 3.30. The van der Waals surface area contributed by atoms with Crippen molar-refractivity contribution in [1.82, 2.24) is 0 Å². The van der Waals surface area contributed by atoms with E-state index in [9.17, 15) is 0 Å². The van der Waals surface area contributed by atoms with Crippen molar-refractivity contribution in [1.29, 1.82) is 0 Å². The van der Waals surface area contributed by atoms with E-state index in [2.05, 4.69) is 48.1 Å². The molecule has 0 rings (SSSR count). The van der Waals surface area contributed by atoms with Crippen molar-refractivity contribution in [3.05, 3.63) is 12.2 Å². The molecule has 0 aromatic carbocycles.